The largest absolute Gasteiger partial charge is 0.273 e. The number of rotatable bonds is 1. The molecule has 1 aromatic heterocycles. The van der Waals surface area contributed by atoms with Crippen LogP contribution in [0.1, 0.15) is 11.1 Å². The van der Waals surface area contributed by atoms with Crippen LogP contribution in [0.3, 0.4) is 0 Å². The molecule has 0 radical (unpaired) electrons. The van der Waals surface area contributed by atoms with Gasteiger partial charge < -0.3 is 0 Å². The maximum Gasteiger partial charge on any atom is 0.273 e. The van der Waals surface area contributed by atoms with Crippen LogP contribution in [0.4, 0.5) is 5.69 Å². The number of nitro groups is 1. The highest BCUT2D eigenvalue weighted by molar-refractivity contribution is 7.17. The molecule has 0 atom stereocenters. The van der Waals surface area contributed by atoms with Crippen LogP contribution in [0.2, 0.25) is 0 Å². The normalized spacial score (nSPS) is 10.7. The van der Waals surface area contributed by atoms with Crippen molar-refractivity contribution in [2.75, 3.05) is 0 Å². The standard InChI is InChI=1S/C10H9NO2S/c1-6-5-14-9-4-3-8(11(12)13)7(2)10(6)9/h3-5H,1-2H3. The monoisotopic (exact) mass is 207 g/mol. The van der Waals surface area contributed by atoms with Crippen LogP contribution < -0.4 is 0 Å². The van der Waals surface area contributed by atoms with Crippen LogP contribution in [0.5, 0.6) is 0 Å². The van der Waals surface area contributed by atoms with Gasteiger partial charge in [-0.1, -0.05) is 0 Å². The van der Waals surface area contributed by atoms with Gasteiger partial charge in [-0.05, 0) is 30.9 Å². The number of benzene rings is 1. The molecule has 0 fully saturated rings. The predicted molar refractivity (Wildman–Crippen MR) is 58.0 cm³/mol. The van der Waals surface area contributed by atoms with Gasteiger partial charge in [-0.25, -0.2) is 0 Å². The molecule has 4 heteroatoms. The van der Waals surface area contributed by atoms with Gasteiger partial charge in [0.1, 0.15) is 0 Å². The quantitative estimate of drug-likeness (QED) is 0.531. The van der Waals surface area contributed by atoms with Crippen LogP contribution in [-0.4, -0.2) is 4.92 Å². The first kappa shape index (κ1) is 9.15. The van der Waals surface area contributed by atoms with E-state index >= 15 is 0 Å². The molecule has 1 heterocycles. The van der Waals surface area contributed by atoms with Crippen molar-refractivity contribution in [3.63, 3.8) is 0 Å². The molecule has 1 aromatic carbocycles. The van der Waals surface area contributed by atoms with Crippen molar-refractivity contribution >= 4 is 27.1 Å². The summed E-state index contributed by atoms with van der Waals surface area (Å²) in [5.41, 5.74) is 2.09. The highest BCUT2D eigenvalue weighted by Gasteiger charge is 2.14. The zero-order valence-electron chi connectivity index (χ0n) is 7.90. The fourth-order valence-corrected chi connectivity index (χ4v) is 2.67. The molecule has 0 aliphatic rings. The number of hydrogen-bond acceptors (Lipinski definition) is 3. The summed E-state index contributed by atoms with van der Waals surface area (Å²) in [6.07, 6.45) is 0. The molecule has 0 spiro atoms. The summed E-state index contributed by atoms with van der Waals surface area (Å²) >= 11 is 1.63. The van der Waals surface area contributed by atoms with E-state index in [1.54, 1.807) is 24.3 Å². The zero-order chi connectivity index (χ0) is 10.3. The maximum absolute atomic E-state index is 10.7. The van der Waals surface area contributed by atoms with Gasteiger partial charge in [-0.3, -0.25) is 10.1 Å². The Labute approximate surface area is 85.1 Å². The van der Waals surface area contributed by atoms with E-state index in [2.05, 4.69) is 0 Å². The van der Waals surface area contributed by atoms with Crippen LogP contribution in [-0.2, 0) is 0 Å². The minimum absolute atomic E-state index is 0.207. The summed E-state index contributed by atoms with van der Waals surface area (Å²) in [4.78, 5) is 10.4. The van der Waals surface area contributed by atoms with E-state index in [1.807, 2.05) is 18.4 Å². The van der Waals surface area contributed by atoms with Crippen molar-refractivity contribution in [1.82, 2.24) is 0 Å². The SMILES string of the molecule is Cc1csc2ccc([N+](=O)[O-])c(C)c12. The second kappa shape index (κ2) is 3.06. The third-order valence-corrected chi connectivity index (χ3v) is 3.42. The topological polar surface area (TPSA) is 43.1 Å². The smallest absolute Gasteiger partial charge is 0.258 e. The number of nitrogens with zero attached hydrogens (tertiary/aromatic N) is 1. The fraction of sp³-hybridized carbons (Fsp3) is 0.200. The molecule has 2 rings (SSSR count). The van der Waals surface area contributed by atoms with Crippen molar-refractivity contribution in [2.45, 2.75) is 13.8 Å². The van der Waals surface area contributed by atoms with Crippen LogP contribution >= 0.6 is 11.3 Å². The lowest BCUT2D eigenvalue weighted by atomic mass is 10.1. The van der Waals surface area contributed by atoms with Crippen LogP contribution in [0, 0.1) is 24.0 Å². The third-order valence-electron chi connectivity index (χ3n) is 2.35. The van der Waals surface area contributed by atoms with Gasteiger partial charge in [0, 0.05) is 21.7 Å². The summed E-state index contributed by atoms with van der Waals surface area (Å²) in [5.74, 6) is 0. The fourth-order valence-electron chi connectivity index (χ4n) is 1.67. The summed E-state index contributed by atoms with van der Waals surface area (Å²) < 4.78 is 1.12. The molecule has 72 valence electrons. The van der Waals surface area contributed by atoms with E-state index in [9.17, 15) is 10.1 Å². The molecule has 14 heavy (non-hydrogen) atoms. The zero-order valence-corrected chi connectivity index (χ0v) is 8.72. The molecule has 0 unspecified atom stereocenters. The van der Waals surface area contributed by atoms with Gasteiger partial charge in [-0.15, -0.1) is 11.3 Å². The summed E-state index contributed by atoms with van der Waals surface area (Å²) in [5, 5.41) is 13.8. The Morgan fingerprint density at radius 1 is 1.36 bits per heavy atom. The number of hydrogen-bond donors (Lipinski definition) is 0. The van der Waals surface area contributed by atoms with Crippen molar-refractivity contribution in [3.8, 4) is 0 Å². The summed E-state index contributed by atoms with van der Waals surface area (Å²) in [7, 11) is 0. The van der Waals surface area contributed by atoms with Gasteiger partial charge in [0.2, 0.25) is 0 Å². The molecule has 2 aromatic rings. The first-order valence-electron chi connectivity index (χ1n) is 4.23. The number of thiophene rings is 1. The van der Waals surface area contributed by atoms with Crippen molar-refractivity contribution in [3.05, 3.63) is 38.8 Å². The van der Waals surface area contributed by atoms with Crippen molar-refractivity contribution in [2.24, 2.45) is 0 Å². The van der Waals surface area contributed by atoms with Gasteiger partial charge in [0.25, 0.3) is 5.69 Å². The van der Waals surface area contributed by atoms with Crippen LogP contribution in [0.15, 0.2) is 17.5 Å². The lowest BCUT2D eigenvalue weighted by Crippen LogP contribution is -1.91. The Hall–Kier alpha value is -1.42. The molecule has 0 aliphatic carbocycles. The molecular formula is C10H9NO2S. The first-order chi connectivity index (χ1) is 6.61. The molecule has 0 aliphatic heterocycles. The Balaban J connectivity index is 2.86. The molecule has 0 saturated heterocycles. The molecule has 0 saturated carbocycles. The third kappa shape index (κ3) is 1.19. The molecule has 0 bridgehead atoms. The average Bonchev–Trinajstić information content (AvgIpc) is 2.48. The van der Waals surface area contributed by atoms with Gasteiger partial charge >= 0.3 is 0 Å². The number of nitro benzene ring substituents is 1. The molecular weight excluding hydrogens is 198 g/mol. The predicted octanol–water partition coefficient (Wildman–Crippen LogP) is 3.43. The van der Waals surface area contributed by atoms with Crippen LogP contribution in [0.25, 0.3) is 10.1 Å². The summed E-state index contributed by atoms with van der Waals surface area (Å²) in [6, 6.07) is 3.39. The Morgan fingerprint density at radius 3 is 2.71 bits per heavy atom. The Kier molecular flexibility index (Phi) is 2.00. The Bertz CT molecular complexity index is 516. The lowest BCUT2D eigenvalue weighted by molar-refractivity contribution is -0.385. The van der Waals surface area contributed by atoms with E-state index in [1.165, 1.54) is 0 Å². The lowest BCUT2D eigenvalue weighted by Gasteiger charge is -1.99. The first-order valence-corrected chi connectivity index (χ1v) is 5.11. The van der Waals surface area contributed by atoms with E-state index in [0.29, 0.717) is 0 Å². The van der Waals surface area contributed by atoms with Crippen molar-refractivity contribution in [1.29, 1.82) is 0 Å². The van der Waals surface area contributed by atoms with E-state index in [0.717, 1.165) is 21.2 Å². The summed E-state index contributed by atoms with van der Waals surface area (Å²) in [6.45, 7) is 3.79. The highest BCUT2D eigenvalue weighted by atomic mass is 32.1. The molecule has 0 amide bonds. The second-order valence-corrected chi connectivity index (χ2v) is 4.17. The maximum atomic E-state index is 10.7. The minimum Gasteiger partial charge on any atom is -0.258 e. The average molecular weight is 207 g/mol. The van der Waals surface area contributed by atoms with E-state index in [4.69, 9.17) is 0 Å². The Morgan fingerprint density at radius 2 is 2.07 bits per heavy atom. The van der Waals surface area contributed by atoms with Gasteiger partial charge in [0.05, 0.1) is 4.92 Å². The highest BCUT2D eigenvalue weighted by Crippen LogP contribution is 2.33. The second-order valence-electron chi connectivity index (χ2n) is 3.26. The van der Waals surface area contributed by atoms with Gasteiger partial charge in [-0.2, -0.15) is 0 Å². The molecule has 3 nitrogen and oxygen atoms in total. The van der Waals surface area contributed by atoms with E-state index in [-0.39, 0.29) is 10.6 Å². The number of aryl methyl sites for hydroxylation is 2. The molecule has 0 N–H and O–H groups in total. The van der Waals surface area contributed by atoms with Gasteiger partial charge in [0.15, 0.2) is 0 Å². The van der Waals surface area contributed by atoms with E-state index < -0.39 is 0 Å². The number of fused-ring (bicyclic) bond motifs is 1. The minimum atomic E-state index is -0.327. The van der Waals surface area contributed by atoms with Crippen molar-refractivity contribution < 1.29 is 4.92 Å².